The highest BCUT2D eigenvalue weighted by molar-refractivity contribution is 6.31. The lowest BCUT2D eigenvalue weighted by molar-refractivity contribution is 0.102. The second kappa shape index (κ2) is 7.97. The van der Waals surface area contributed by atoms with Crippen molar-refractivity contribution in [2.45, 2.75) is 27.2 Å². The van der Waals surface area contributed by atoms with Crippen molar-refractivity contribution in [1.82, 2.24) is 4.98 Å². The smallest absolute Gasteiger partial charge is 0.274 e. The van der Waals surface area contributed by atoms with E-state index in [1.165, 1.54) is 0 Å². The Bertz CT molecular complexity index is 686. The maximum absolute atomic E-state index is 12.3. The van der Waals surface area contributed by atoms with Gasteiger partial charge in [0.1, 0.15) is 5.69 Å². The van der Waals surface area contributed by atoms with E-state index < -0.39 is 0 Å². The Morgan fingerprint density at radius 3 is 2.70 bits per heavy atom. The number of hydrogen-bond acceptors (Lipinski definition) is 3. The average molecular weight is 332 g/mol. The van der Waals surface area contributed by atoms with Crippen molar-refractivity contribution >= 4 is 28.9 Å². The Morgan fingerprint density at radius 1 is 1.22 bits per heavy atom. The Kier molecular flexibility index (Phi) is 5.99. The lowest BCUT2D eigenvalue weighted by atomic mass is 10.1. The number of amides is 1. The van der Waals surface area contributed by atoms with Crippen LogP contribution in [0.3, 0.4) is 0 Å². The number of nitrogens with zero attached hydrogens (tertiary/aromatic N) is 1. The van der Waals surface area contributed by atoms with Crippen LogP contribution in [-0.4, -0.2) is 17.4 Å². The average Bonchev–Trinajstić information content (AvgIpc) is 2.51. The van der Waals surface area contributed by atoms with Gasteiger partial charge in [-0.2, -0.15) is 0 Å². The Balaban J connectivity index is 2.02. The molecule has 0 aliphatic heterocycles. The van der Waals surface area contributed by atoms with Crippen LogP contribution in [0.4, 0.5) is 11.4 Å². The normalized spacial score (nSPS) is 10.7. The van der Waals surface area contributed by atoms with Crippen molar-refractivity contribution in [2.24, 2.45) is 5.92 Å². The number of pyridine rings is 1. The number of aromatic nitrogens is 1. The summed E-state index contributed by atoms with van der Waals surface area (Å²) in [6.45, 7) is 7.15. The van der Waals surface area contributed by atoms with Gasteiger partial charge in [0.2, 0.25) is 0 Å². The highest BCUT2D eigenvalue weighted by Gasteiger charge is 2.09. The SMILES string of the molecule is Cc1ccc(NC(=O)c2cc(NCCC(C)C)ccn2)cc1Cl. The van der Waals surface area contributed by atoms with Gasteiger partial charge in [-0.25, -0.2) is 0 Å². The van der Waals surface area contributed by atoms with Crippen LogP contribution in [0.15, 0.2) is 36.5 Å². The van der Waals surface area contributed by atoms with Crippen LogP contribution in [0.25, 0.3) is 0 Å². The number of hydrogen-bond donors (Lipinski definition) is 2. The summed E-state index contributed by atoms with van der Waals surface area (Å²) in [5.41, 5.74) is 2.90. The van der Waals surface area contributed by atoms with Gasteiger partial charge < -0.3 is 10.6 Å². The predicted octanol–water partition coefficient (Wildman–Crippen LogP) is 4.75. The highest BCUT2D eigenvalue weighted by Crippen LogP contribution is 2.20. The highest BCUT2D eigenvalue weighted by atomic mass is 35.5. The molecule has 122 valence electrons. The Morgan fingerprint density at radius 2 is 2.00 bits per heavy atom. The minimum absolute atomic E-state index is 0.252. The minimum Gasteiger partial charge on any atom is -0.385 e. The molecule has 2 rings (SSSR count). The van der Waals surface area contributed by atoms with E-state index in [0.29, 0.717) is 22.3 Å². The minimum atomic E-state index is -0.252. The fraction of sp³-hybridized carbons (Fsp3) is 0.333. The fourth-order valence-corrected chi connectivity index (χ4v) is 2.22. The number of carbonyl (C=O) groups excluding carboxylic acids is 1. The molecule has 0 bridgehead atoms. The Labute approximate surface area is 142 Å². The lowest BCUT2D eigenvalue weighted by Crippen LogP contribution is -2.14. The van der Waals surface area contributed by atoms with E-state index in [1.54, 1.807) is 18.3 Å². The molecule has 1 amide bonds. The van der Waals surface area contributed by atoms with Crippen molar-refractivity contribution < 1.29 is 4.79 Å². The summed E-state index contributed by atoms with van der Waals surface area (Å²) in [4.78, 5) is 16.4. The van der Waals surface area contributed by atoms with E-state index in [4.69, 9.17) is 11.6 Å². The van der Waals surface area contributed by atoms with Crippen LogP contribution in [-0.2, 0) is 0 Å². The molecule has 1 aromatic carbocycles. The number of anilines is 2. The van der Waals surface area contributed by atoms with Crippen LogP contribution in [0.1, 0.15) is 36.3 Å². The molecule has 23 heavy (non-hydrogen) atoms. The van der Waals surface area contributed by atoms with E-state index >= 15 is 0 Å². The van der Waals surface area contributed by atoms with Crippen LogP contribution >= 0.6 is 11.6 Å². The molecule has 0 radical (unpaired) electrons. The van der Waals surface area contributed by atoms with Gasteiger partial charge in [-0.05, 0) is 49.1 Å². The zero-order valence-electron chi connectivity index (χ0n) is 13.7. The molecule has 1 heterocycles. The monoisotopic (exact) mass is 331 g/mol. The van der Waals surface area contributed by atoms with Crippen molar-refractivity contribution in [2.75, 3.05) is 17.2 Å². The van der Waals surface area contributed by atoms with Crippen LogP contribution < -0.4 is 10.6 Å². The molecule has 0 saturated carbocycles. The van der Waals surface area contributed by atoms with Crippen molar-refractivity contribution in [3.63, 3.8) is 0 Å². The molecule has 2 N–H and O–H groups in total. The van der Waals surface area contributed by atoms with Crippen LogP contribution in [0.2, 0.25) is 5.02 Å². The van der Waals surface area contributed by atoms with Crippen LogP contribution in [0, 0.1) is 12.8 Å². The van der Waals surface area contributed by atoms with E-state index in [1.807, 2.05) is 25.1 Å². The first kappa shape index (κ1) is 17.3. The van der Waals surface area contributed by atoms with Gasteiger partial charge in [-0.15, -0.1) is 0 Å². The molecule has 0 fully saturated rings. The van der Waals surface area contributed by atoms with Crippen molar-refractivity contribution in [3.8, 4) is 0 Å². The van der Waals surface area contributed by atoms with Crippen LogP contribution in [0.5, 0.6) is 0 Å². The summed E-state index contributed by atoms with van der Waals surface area (Å²) in [6.07, 6.45) is 2.71. The van der Waals surface area contributed by atoms with Gasteiger partial charge in [-0.3, -0.25) is 9.78 Å². The van der Waals surface area contributed by atoms with Gasteiger partial charge in [0.05, 0.1) is 0 Å². The summed E-state index contributed by atoms with van der Waals surface area (Å²) in [7, 11) is 0. The fourth-order valence-electron chi connectivity index (χ4n) is 2.04. The van der Waals surface area contributed by atoms with Gasteiger partial charge in [0.25, 0.3) is 5.91 Å². The number of nitrogens with one attached hydrogen (secondary N) is 2. The maximum atomic E-state index is 12.3. The molecular weight excluding hydrogens is 310 g/mol. The first-order chi connectivity index (χ1) is 11.0. The number of benzene rings is 1. The molecule has 0 spiro atoms. The zero-order chi connectivity index (χ0) is 16.8. The summed E-state index contributed by atoms with van der Waals surface area (Å²) in [5, 5.41) is 6.75. The lowest BCUT2D eigenvalue weighted by Gasteiger charge is -2.10. The number of carbonyl (C=O) groups is 1. The van der Waals surface area contributed by atoms with Gasteiger partial charge in [0.15, 0.2) is 0 Å². The largest absolute Gasteiger partial charge is 0.385 e. The van der Waals surface area contributed by atoms with Crippen molar-refractivity contribution in [3.05, 3.63) is 52.8 Å². The van der Waals surface area contributed by atoms with Gasteiger partial charge in [0, 0.05) is 29.1 Å². The molecule has 0 atom stereocenters. The first-order valence-electron chi connectivity index (χ1n) is 7.73. The van der Waals surface area contributed by atoms with Crippen molar-refractivity contribution in [1.29, 1.82) is 0 Å². The van der Waals surface area contributed by atoms with E-state index in [2.05, 4.69) is 29.5 Å². The third-order valence-corrected chi connectivity index (χ3v) is 3.88. The summed E-state index contributed by atoms with van der Waals surface area (Å²) >= 11 is 6.07. The first-order valence-corrected chi connectivity index (χ1v) is 8.11. The molecule has 1 aromatic heterocycles. The zero-order valence-corrected chi connectivity index (χ0v) is 14.4. The molecule has 4 nitrogen and oxygen atoms in total. The second-order valence-corrected chi connectivity index (χ2v) is 6.36. The number of rotatable bonds is 6. The topological polar surface area (TPSA) is 54.0 Å². The van der Waals surface area contributed by atoms with E-state index in [-0.39, 0.29) is 5.91 Å². The molecule has 0 aliphatic rings. The van der Waals surface area contributed by atoms with Gasteiger partial charge >= 0.3 is 0 Å². The Hall–Kier alpha value is -2.07. The third kappa shape index (κ3) is 5.25. The predicted molar refractivity (Wildman–Crippen MR) is 96.3 cm³/mol. The third-order valence-electron chi connectivity index (χ3n) is 3.47. The van der Waals surface area contributed by atoms with E-state index in [9.17, 15) is 4.79 Å². The molecular formula is C18H22ClN3O. The summed E-state index contributed by atoms with van der Waals surface area (Å²) in [6, 6.07) is 9.05. The summed E-state index contributed by atoms with van der Waals surface area (Å²) < 4.78 is 0. The molecule has 5 heteroatoms. The summed E-state index contributed by atoms with van der Waals surface area (Å²) in [5.74, 6) is 0.385. The molecule has 0 unspecified atom stereocenters. The number of aryl methyl sites for hydroxylation is 1. The second-order valence-electron chi connectivity index (χ2n) is 5.96. The molecule has 0 aliphatic carbocycles. The van der Waals surface area contributed by atoms with E-state index in [0.717, 1.165) is 24.2 Å². The standard InChI is InChI=1S/C18H22ClN3O/c1-12(2)6-8-20-14-7-9-21-17(11-14)18(23)22-15-5-4-13(3)16(19)10-15/h4-5,7,9-12H,6,8H2,1-3H3,(H,20,21)(H,22,23). The van der Waals surface area contributed by atoms with Gasteiger partial charge in [-0.1, -0.05) is 31.5 Å². The molecule has 0 saturated heterocycles. The quantitative estimate of drug-likeness (QED) is 0.802. The number of halogens is 1. The maximum Gasteiger partial charge on any atom is 0.274 e. The molecule has 2 aromatic rings.